The van der Waals surface area contributed by atoms with E-state index in [0.29, 0.717) is 12.5 Å². The number of hydrogen-bond acceptors (Lipinski definition) is 1. The van der Waals surface area contributed by atoms with Gasteiger partial charge in [0.15, 0.2) is 5.82 Å². The van der Waals surface area contributed by atoms with Gasteiger partial charge in [0.1, 0.15) is 0 Å². The molecule has 1 aromatic rings. The van der Waals surface area contributed by atoms with Crippen LogP contribution in [0.5, 0.6) is 0 Å². The SMILES string of the molecule is O=C(NCC(Cl)C1CC1)c1cccc(Cl)c1F. The maximum absolute atomic E-state index is 13.5. The molecule has 1 aromatic carbocycles. The van der Waals surface area contributed by atoms with Crippen LogP contribution in [-0.4, -0.2) is 17.8 Å². The molecule has 0 heterocycles. The summed E-state index contributed by atoms with van der Waals surface area (Å²) >= 11 is 11.6. The van der Waals surface area contributed by atoms with Gasteiger partial charge in [0.25, 0.3) is 5.91 Å². The highest BCUT2D eigenvalue weighted by atomic mass is 35.5. The molecule has 1 atom stereocenters. The van der Waals surface area contributed by atoms with Crippen LogP contribution in [0.4, 0.5) is 4.39 Å². The number of rotatable bonds is 4. The summed E-state index contributed by atoms with van der Waals surface area (Å²) in [6, 6.07) is 4.35. The van der Waals surface area contributed by atoms with Crippen molar-refractivity contribution in [2.75, 3.05) is 6.54 Å². The Bertz CT molecular complexity index is 435. The van der Waals surface area contributed by atoms with Gasteiger partial charge in [-0.3, -0.25) is 4.79 Å². The van der Waals surface area contributed by atoms with Crippen LogP contribution < -0.4 is 5.32 Å². The van der Waals surface area contributed by atoms with Crippen molar-refractivity contribution in [2.45, 2.75) is 18.2 Å². The standard InChI is InChI=1S/C12H12Cl2FNO/c13-9-3-1-2-8(11(9)15)12(17)16-6-10(14)7-4-5-7/h1-3,7,10H,4-6H2,(H,16,17). The summed E-state index contributed by atoms with van der Waals surface area (Å²) in [5.41, 5.74) is -0.0443. The molecule has 0 radical (unpaired) electrons. The molecule has 1 unspecified atom stereocenters. The molecule has 1 aliphatic rings. The molecule has 1 saturated carbocycles. The average Bonchev–Trinajstić information content (AvgIpc) is 3.13. The Morgan fingerprint density at radius 3 is 2.88 bits per heavy atom. The van der Waals surface area contributed by atoms with Crippen LogP contribution in [0.3, 0.4) is 0 Å². The highest BCUT2D eigenvalue weighted by molar-refractivity contribution is 6.31. The van der Waals surface area contributed by atoms with Gasteiger partial charge >= 0.3 is 0 Å². The van der Waals surface area contributed by atoms with Crippen molar-refractivity contribution in [3.05, 3.63) is 34.6 Å². The summed E-state index contributed by atoms with van der Waals surface area (Å²) in [7, 11) is 0. The third-order valence-electron chi connectivity index (χ3n) is 2.79. The summed E-state index contributed by atoms with van der Waals surface area (Å²) in [6.45, 7) is 0.358. The topological polar surface area (TPSA) is 29.1 Å². The van der Waals surface area contributed by atoms with Crippen LogP contribution in [-0.2, 0) is 0 Å². The normalized spacial score (nSPS) is 16.6. The van der Waals surface area contributed by atoms with Gasteiger partial charge in [-0.25, -0.2) is 4.39 Å². The van der Waals surface area contributed by atoms with E-state index < -0.39 is 11.7 Å². The minimum atomic E-state index is -0.691. The van der Waals surface area contributed by atoms with Crippen molar-refractivity contribution < 1.29 is 9.18 Å². The number of halogens is 3. The molecule has 5 heteroatoms. The van der Waals surface area contributed by atoms with Crippen LogP contribution >= 0.6 is 23.2 Å². The minimum Gasteiger partial charge on any atom is -0.350 e. The predicted octanol–water partition coefficient (Wildman–Crippen LogP) is 3.23. The Balaban J connectivity index is 1.96. The third-order valence-corrected chi connectivity index (χ3v) is 3.59. The van der Waals surface area contributed by atoms with Crippen LogP contribution in [0.15, 0.2) is 18.2 Å². The van der Waals surface area contributed by atoms with Crippen molar-refractivity contribution >= 4 is 29.1 Å². The van der Waals surface area contributed by atoms with E-state index >= 15 is 0 Å². The lowest BCUT2D eigenvalue weighted by atomic mass is 10.2. The number of alkyl halides is 1. The molecule has 1 aliphatic carbocycles. The lowest BCUT2D eigenvalue weighted by Crippen LogP contribution is -2.31. The zero-order valence-corrected chi connectivity index (χ0v) is 10.6. The van der Waals surface area contributed by atoms with Gasteiger partial charge in [-0.15, -0.1) is 11.6 Å². The molecular weight excluding hydrogens is 264 g/mol. The van der Waals surface area contributed by atoms with Crippen LogP contribution in [0.25, 0.3) is 0 Å². The molecular formula is C12H12Cl2FNO. The summed E-state index contributed by atoms with van der Waals surface area (Å²) in [4.78, 5) is 11.7. The fourth-order valence-corrected chi connectivity index (χ4v) is 2.09. The van der Waals surface area contributed by atoms with Gasteiger partial charge < -0.3 is 5.32 Å². The minimum absolute atomic E-state index is 0.0443. The molecule has 0 aromatic heterocycles. The zero-order valence-electron chi connectivity index (χ0n) is 9.05. The van der Waals surface area contributed by atoms with Crippen LogP contribution in [0, 0.1) is 11.7 Å². The number of carbonyl (C=O) groups excluding carboxylic acids is 1. The molecule has 1 fully saturated rings. The Morgan fingerprint density at radius 2 is 2.24 bits per heavy atom. The molecule has 2 rings (SSSR count). The number of amides is 1. The van der Waals surface area contributed by atoms with Gasteiger partial charge in [0, 0.05) is 6.54 Å². The van der Waals surface area contributed by atoms with E-state index in [0.717, 1.165) is 12.8 Å². The first-order valence-corrected chi connectivity index (χ1v) is 6.27. The van der Waals surface area contributed by atoms with E-state index in [1.165, 1.54) is 12.1 Å². The van der Waals surface area contributed by atoms with E-state index in [1.807, 2.05) is 0 Å². The highest BCUT2D eigenvalue weighted by Crippen LogP contribution is 2.35. The Labute approximate surface area is 109 Å². The Morgan fingerprint density at radius 1 is 1.53 bits per heavy atom. The fourth-order valence-electron chi connectivity index (χ4n) is 1.59. The van der Waals surface area contributed by atoms with Crippen LogP contribution in [0.1, 0.15) is 23.2 Å². The predicted molar refractivity (Wildman–Crippen MR) is 66.1 cm³/mol. The average molecular weight is 276 g/mol. The largest absolute Gasteiger partial charge is 0.350 e. The van der Waals surface area contributed by atoms with Gasteiger partial charge in [-0.05, 0) is 30.9 Å². The number of carbonyl (C=O) groups is 1. The second kappa shape index (κ2) is 5.23. The monoisotopic (exact) mass is 275 g/mol. The zero-order chi connectivity index (χ0) is 12.4. The second-order valence-electron chi connectivity index (χ2n) is 4.16. The first-order valence-electron chi connectivity index (χ1n) is 5.46. The van der Waals surface area contributed by atoms with E-state index in [4.69, 9.17) is 23.2 Å². The van der Waals surface area contributed by atoms with Crippen molar-refractivity contribution in [3.8, 4) is 0 Å². The van der Waals surface area contributed by atoms with Crippen LogP contribution in [0.2, 0.25) is 5.02 Å². The van der Waals surface area contributed by atoms with Gasteiger partial charge in [0.2, 0.25) is 0 Å². The summed E-state index contributed by atoms with van der Waals surface area (Å²) < 4.78 is 13.5. The van der Waals surface area contributed by atoms with Crippen molar-refractivity contribution in [1.82, 2.24) is 5.32 Å². The van der Waals surface area contributed by atoms with Crippen molar-refractivity contribution in [2.24, 2.45) is 5.92 Å². The second-order valence-corrected chi connectivity index (χ2v) is 5.13. The quantitative estimate of drug-likeness (QED) is 0.840. The molecule has 0 saturated heterocycles. The number of nitrogens with one attached hydrogen (secondary N) is 1. The van der Waals surface area contributed by atoms with Gasteiger partial charge in [0.05, 0.1) is 16.0 Å². The summed E-state index contributed by atoms with van der Waals surface area (Å²) in [5, 5.41) is 2.50. The summed E-state index contributed by atoms with van der Waals surface area (Å²) in [5.74, 6) is -0.679. The lowest BCUT2D eigenvalue weighted by Gasteiger charge is -2.10. The maximum Gasteiger partial charge on any atom is 0.254 e. The molecule has 1 amide bonds. The molecule has 0 aliphatic heterocycles. The van der Waals surface area contributed by atoms with Crippen molar-refractivity contribution in [3.63, 3.8) is 0 Å². The molecule has 0 bridgehead atoms. The highest BCUT2D eigenvalue weighted by Gasteiger charge is 2.30. The smallest absolute Gasteiger partial charge is 0.254 e. The third kappa shape index (κ3) is 3.11. The Kier molecular flexibility index (Phi) is 3.89. The molecule has 0 spiro atoms. The number of hydrogen-bond donors (Lipinski definition) is 1. The first-order chi connectivity index (χ1) is 8.09. The van der Waals surface area contributed by atoms with Gasteiger partial charge in [-0.2, -0.15) is 0 Å². The molecule has 2 nitrogen and oxygen atoms in total. The van der Waals surface area contributed by atoms with E-state index in [9.17, 15) is 9.18 Å². The maximum atomic E-state index is 13.5. The molecule has 1 N–H and O–H groups in total. The summed E-state index contributed by atoms with van der Waals surface area (Å²) in [6.07, 6.45) is 2.21. The molecule has 17 heavy (non-hydrogen) atoms. The van der Waals surface area contributed by atoms with Crippen molar-refractivity contribution in [1.29, 1.82) is 0 Å². The Hall–Kier alpha value is -0.800. The first kappa shape index (κ1) is 12.7. The van der Waals surface area contributed by atoms with E-state index in [2.05, 4.69) is 5.32 Å². The number of benzene rings is 1. The van der Waals surface area contributed by atoms with E-state index in [-0.39, 0.29) is 16.0 Å². The van der Waals surface area contributed by atoms with E-state index in [1.54, 1.807) is 6.07 Å². The van der Waals surface area contributed by atoms with Gasteiger partial charge in [-0.1, -0.05) is 17.7 Å². The fraction of sp³-hybridized carbons (Fsp3) is 0.417. The molecule has 92 valence electrons. The lowest BCUT2D eigenvalue weighted by molar-refractivity contribution is 0.0949.